The van der Waals surface area contributed by atoms with Gasteiger partial charge in [-0.25, -0.2) is 8.42 Å². The summed E-state index contributed by atoms with van der Waals surface area (Å²) in [6, 6.07) is 12.3. The lowest BCUT2D eigenvalue weighted by Gasteiger charge is -2.19. The van der Waals surface area contributed by atoms with Crippen molar-refractivity contribution in [3.05, 3.63) is 53.6 Å². The van der Waals surface area contributed by atoms with E-state index < -0.39 is 10.0 Å². The highest BCUT2D eigenvalue weighted by Crippen LogP contribution is 2.26. The third-order valence-corrected chi connectivity index (χ3v) is 7.10. The van der Waals surface area contributed by atoms with Crippen molar-refractivity contribution < 1.29 is 22.7 Å². The maximum Gasteiger partial charge on any atom is 0.260 e. The minimum atomic E-state index is -3.47. The standard InChI is InChI=1S/C22H28N2O5S/c1-17-14-20(30(26,27)24-12-4-5-13-24)10-11-21(17)29-16-22(25)23(2)15-18-6-8-19(28-3)9-7-18/h6-11,14H,4-5,12-13,15-16H2,1-3H3. The number of carbonyl (C=O) groups excluding carboxylic acids is 1. The fourth-order valence-corrected chi connectivity index (χ4v) is 4.97. The minimum Gasteiger partial charge on any atom is -0.497 e. The molecule has 1 amide bonds. The number of methoxy groups -OCH3 is 1. The van der Waals surface area contributed by atoms with E-state index >= 15 is 0 Å². The maximum atomic E-state index is 12.7. The van der Waals surface area contributed by atoms with Crippen LogP contribution in [-0.2, 0) is 21.4 Å². The Morgan fingerprint density at radius 2 is 1.77 bits per heavy atom. The van der Waals surface area contributed by atoms with Crippen LogP contribution in [-0.4, -0.2) is 57.4 Å². The van der Waals surface area contributed by atoms with Gasteiger partial charge < -0.3 is 14.4 Å². The first-order chi connectivity index (χ1) is 14.3. The zero-order valence-corrected chi connectivity index (χ0v) is 18.4. The summed E-state index contributed by atoms with van der Waals surface area (Å²) >= 11 is 0. The Hall–Kier alpha value is -2.58. The summed E-state index contributed by atoms with van der Waals surface area (Å²) in [7, 11) is -0.142. The first-order valence-electron chi connectivity index (χ1n) is 9.92. The second-order valence-electron chi connectivity index (χ2n) is 7.43. The Morgan fingerprint density at radius 1 is 1.10 bits per heavy atom. The molecular weight excluding hydrogens is 404 g/mol. The van der Waals surface area contributed by atoms with Gasteiger partial charge in [0, 0.05) is 26.7 Å². The summed E-state index contributed by atoms with van der Waals surface area (Å²) in [5.41, 5.74) is 1.67. The number of ether oxygens (including phenoxy) is 2. The van der Waals surface area contributed by atoms with Crippen LogP contribution in [0.25, 0.3) is 0 Å². The summed E-state index contributed by atoms with van der Waals surface area (Å²) in [5.74, 6) is 1.10. The second-order valence-corrected chi connectivity index (χ2v) is 9.36. The van der Waals surface area contributed by atoms with E-state index in [0.717, 1.165) is 24.2 Å². The van der Waals surface area contributed by atoms with E-state index in [1.807, 2.05) is 24.3 Å². The topological polar surface area (TPSA) is 76.1 Å². The van der Waals surface area contributed by atoms with Crippen molar-refractivity contribution in [1.82, 2.24) is 9.21 Å². The molecule has 1 aliphatic rings. The summed E-state index contributed by atoms with van der Waals surface area (Å²) in [6.45, 7) is 3.25. The van der Waals surface area contributed by atoms with E-state index in [0.29, 0.717) is 30.9 Å². The molecule has 3 rings (SSSR count). The summed E-state index contributed by atoms with van der Waals surface area (Å²) < 4.78 is 37.7. The van der Waals surface area contributed by atoms with Crippen LogP contribution in [0.2, 0.25) is 0 Å². The molecule has 1 fully saturated rings. The highest BCUT2D eigenvalue weighted by Gasteiger charge is 2.27. The van der Waals surface area contributed by atoms with E-state index in [2.05, 4.69) is 0 Å². The number of rotatable bonds is 8. The van der Waals surface area contributed by atoms with Gasteiger partial charge in [-0.15, -0.1) is 0 Å². The number of amides is 1. The van der Waals surface area contributed by atoms with E-state index in [-0.39, 0.29) is 17.4 Å². The van der Waals surface area contributed by atoms with Gasteiger partial charge in [-0.2, -0.15) is 4.31 Å². The van der Waals surface area contributed by atoms with Crippen LogP contribution in [0.3, 0.4) is 0 Å². The first kappa shape index (κ1) is 22.1. The molecule has 0 aliphatic carbocycles. The largest absolute Gasteiger partial charge is 0.497 e. The fraction of sp³-hybridized carbons (Fsp3) is 0.409. The molecule has 0 bridgehead atoms. The van der Waals surface area contributed by atoms with Gasteiger partial charge in [0.1, 0.15) is 11.5 Å². The quantitative estimate of drug-likeness (QED) is 0.641. The van der Waals surface area contributed by atoms with Crippen molar-refractivity contribution in [3.63, 3.8) is 0 Å². The molecule has 8 heteroatoms. The summed E-state index contributed by atoms with van der Waals surface area (Å²) in [6.07, 6.45) is 1.79. The van der Waals surface area contributed by atoms with Gasteiger partial charge >= 0.3 is 0 Å². The lowest BCUT2D eigenvalue weighted by molar-refractivity contribution is -0.132. The lowest BCUT2D eigenvalue weighted by Crippen LogP contribution is -2.31. The van der Waals surface area contributed by atoms with Crippen LogP contribution in [0, 0.1) is 6.92 Å². The average Bonchev–Trinajstić information content (AvgIpc) is 3.29. The third kappa shape index (κ3) is 5.12. The molecule has 0 radical (unpaired) electrons. The number of aryl methyl sites for hydroxylation is 1. The normalized spacial score (nSPS) is 14.5. The smallest absolute Gasteiger partial charge is 0.260 e. The number of nitrogens with zero attached hydrogens (tertiary/aromatic N) is 2. The predicted molar refractivity (Wildman–Crippen MR) is 114 cm³/mol. The van der Waals surface area contributed by atoms with Gasteiger partial charge in [0.15, 0.2) is 6.61 Å². The number of sulfonamides is 1. The van der Waals surface area contributed by atoms with Gasteiger partial charge in [-0.3, -0.25) is 4.79 Å². The Morgan fingerprint density at radius 3 is 2.37 bits per heavy atom. The number of benzene rings is 2. The van der Waals surface area contributed by atoms with Crippen LogP contribution < -0.4 is 9.47 Å². The zero-order valence-electron chi connectivity index (χ0n) is 17.6. The molecular formula is C22H28N2O5S. The molecule has 0 unspecified atom stereocenters. The molecule has 1 heterocycles. The molecule has 1 saturated heterocycles. The monoisotopic (exact) mass is 432 g/mol. The van der Waals surface area contributed by atoms with Crippen LogP contribution in [0.4, 0.5) is 0 Å². The van der Waals surface area contributed by atoms with E-state index in [1.54, 1.807) is 44.2 Å². The van der Waals surface area contributed by atoms with Crippen LogP contribution in [0.5, 0.6) is 11.5 Å². The molecule has 7 nitrogen and oxygen atoms in total. The molecule has 0 aromatic heterocycles. The Labute approximate surface area is 178 Å². The molecule has 162 valence electrons. The van der Waals surface area contributed by atoms with Gasteiger partial charge in [0.05, 0.1) is 12.0 Å². The summed E-state index contributed by atoms with van der Waals surface area (Å²) in [5, 5.41) is 0. The SMILES string of the molecule is COc1ccc(CN(C)C(=O)COc2ccc(S(=O)(=O)N3CCCC3)cc2C)cc1. The van der Waals surface area contributed by atoms with E-state index in [4.69, 9.17) is 9.47 Å². The molecule has 0 spiro atoms. The minimum absolute atomic E-state index is 0.119. The predicted octanol–water partition coefficient (Wildman–Crippen LogP) is 2.83. The Bertz CT molecular complexity index is 983. The van der Waals surface area contributed by atoms with Crippen molar-refractivity contribution in [2.75, 3.05) is 33.9 Å². The lowest BCUT2D eigenvalue weighted by atomic mass is 10.2. The molecule has 2 aromatic carbocycles. The first-order valence-corrected chi connectivity index (χ1v) is 11.4. The molecule has 0 atom stereocenters. The third-order valence-electron chi connectivity index (χ3n) is 5.20. The van der Waals surface area contributed by atoms with Crippen molar-refractivity contribution in [2.45, 2.75) is 31.2 Å². The van der Waals surface area contributed by atoms with Crippen molar-refractivity contribution in [2.24, 2.45) is 0 Å². The van der Waals surface area contributed by atoms with Gasteiger partial charge in [0.25, 0.3) is 5.91 Å². The van der Waals surface area contributed by atoms with Crippen LogP contribution in [0.15, 0.2) is 47.4 Å². The molecule has 2 aromatic rings. The second kappa shape index (κ2) is 9.49. The van der Waals surface area contributed by atoms with Crippen molar-refractivity contribution in [1.29, 1.82) is 0 Å². The maximum absolute atomic E-state index is 12.7. The number of hydrogen-bond donors (Lipinski definition) is 0. The van der Waals surface area contributed by atoms with Gasteiger partial charge in [-0.05, 0) is 61.2 Å². The molecule has 1 aliphatic heterocycles. The molecule has 30 heavy (non-hydrogen) atoms. The average molecular weight is 433 g/mol. The van der Waals surface area contributed by atoms with Gasteiger partial charge in [0.2, 0.25) is 10.0 Å². The number of carbonyl (C=O) groups is 1. The number of hydrogen-bond acceptors (Lipinski definition) is 5. The van der Waals surface area contributed by atoms with Crippen LogP contribution in [0.1, 0.15) is 24.0 Å². The summed E-state index contributed by atoms with van der Waals surface area (Å²) in [4.78, 5) is 14.3. The van der Waals surface area contributed by atoms with Crippen molar-refractivity contribution >= 4 is 15.9 Å². The van der Waals surface area contributed by atoms with E-state index in [9.17, 15) is 13.2 Å². The molecule has 0 N–H and O–H groups in total. The Balaban J connectivity index is 1.58. The van der Waals surface area contributed by atoms with Gasteiger partial charge in [-0.1, -0.05) is 12.1 Å². The molecule has 0 saturated carbocycles. The Kier molecular flexibility index (Phi) is 6.99. The highest BCUT2D eigenvalue weighted by atomic mass is 32.2. The van der Waals surface area contributed by atoms with Crippen LogP contribution >= 0.6 is 0 Å². The number of likely N-dealkylation sites (N-methyl/N-ethyl adjacent to an activating group) is 1. The van der Waals surface area contributed by atoms with E-state index in [1.165, 1.54) is 4.31 Å². The van der Waals surface area contributed by atoms with Crippen molar-refractivity contribution in [3.8, 4) is 11.5 Å². The fourth-order valence-electron chi connectivity index (χ4n) is 3.36. The highest BCUT2D eigenvalue weighted by molar-refractivity contribution is 7.89. The zero-order chi connectivity index (χ0) is 21.7.